The van der Waals surface area contributed by atoms with Crippen LogP contribution >= 0.6 is 0 Å². The number of benzene rings is 1. The fourth-order valence-corrected chi connectivity index (χ4v) is 2.38. The summed E-state index contributed by atoms with van der Waals surface area (Å²) in [6.45, 7) is 1.72. The van der Waals surface area contributed by atoms with Gasteiger partial charge in [-0.25, -0.2) is 0 Å². The van der Waals surface area contributed by atoms with Gasteiger partial charge in [0.05, 0.1) is 10.8 Å². The van der Waals surface area contributed by atoms with Crippen LogP contribution in [-0.2, 0) is 15.6 Å². The smallest absolute Gasteiger partial charge is 0.319 e. The average Bonchev–Trinajstić information content (AvgIpc) is 2.19. The molecule has 0 bridgehead atoms. The SMILES string of the molecule is CC[C@@H](C(=O)O)[S@@](=O)c1ccccc1. The van der Waals surface area contributed by atoms with Crippen molar-refractivity contribution in [1.29, 1.82) is 0 Å². The second-order valence-electron chi connectivity index (χ2n) is 2.85. The van der Waals surface area contributed by atoms with E-state index in [1.54, 1.807) is 31.2 Å². The molecule has 2 atom stereocenters. The lowest BCUT2D eigenvalue weighted by molar-refractivity contribution is -0.136. The van der Waals surface area contributed by atoms with Crippen LogP contribution in [0.4, 0.5) is 0 Å². The largest absolute Gasteiger partial charge is 0.480 e. The first-order chi connectivity index (χ1) is 6.66. The molecule has 0 saturated carbocycles. The van der Waals surface area contributed by atoms with E-state index in [2.05, 4.69) is 0 Å². The van der Waals surface area contributed by atoms with Crippen LogP contribution < -0.4 is 0 Å². The van der Waals surface area contributed by atoms with E-state index in [9.17, 15) is 9.00 Å². The van der Waals surface area contributed by atoms with Crippen molar-refractivity contribution in [3.05, 3.63) is 30.3 Å². The van der Waals surface area contributed by atoms with E-state index in [1.807, 2.05) is 6.07 Å². The molecule has 0 aliphatic rings. The Kier molecular flexibility index (Phi) is 3.83. The van der Waals surface area contributed by atoms with Gasteiger partial charge < -0.3 is 5.11 Å². The van der Waals surface area contributed by atoms with Crippen molar-refractivity contribution in [2.45, 2.75) is 23.5 Å². The summed E-state index contributed by atoms with van der Waals surface area (Å²) in [5, 5.41) is 8.00. The summed E-state index contributed by atoms with van der Waals surface area (Å²) in [5.74, 6) is -1.00. The van der Waals surface area contributed by atoms with Gasteiger partial charge in [-0.2, -0.15) is 0 Å². The Bertz CT molecular complexity index is 334. The molecule has 76 valence electrons. The van der Waals surface area contributed by atoms with E-state index in [0.29, 0.717) is 11.3 Å². The van der Waals surface area contributed by atoms with Crippen molar-refractivity contribution in [3.8, 4) is 0 Å². The van der Waals surface area contributed by atoms with E-state index < -0.39 is 22.0 Å². The molecule has 0 heterocycles. The summed E-state index contributed by atoms with van der Waals surface area (Å²) >= 11 is 0. The summed E-state index contributed by atoms with van der Waals surface area (Å²) in [5.41, 5.74) is 0. The number of hydrogen-bond donors (Lipinski definition) is 1. The van der Waals surface area contributed by atoms with Crippen molar-refractivity contribution in [2.24, 2.45) is 0 Å². The molecule has 0 spiro atoms. The molecule has 1 rings (SSSR count). The molecule has 1 aromatic rings. The molecule has 0 aromatic heterocycles. The Labute approximate surface area is 85.2 Å². The quantitative estimate of drug-likeness (QED) is 0.825. The molecule has 14 heavy (non-hydrogen) atoms. The van der Waals surface area contributed by atoms with Crippen LogP contribution in [0.5, 0.6) is 0 Å². The van der Waals surface area contributed by atoms with Crippen LogP contribution in [0.25, 0.3) is 0 Å². The molecule has 0 saturated heterocycles. The van der Waals surface area contributed by atoms with Crippen molar-refractivity contribution in [3.63, 3.8) is 0 Å². The van der Waals surface area contributed by atoms with Gasteiger partial charge in [0.15, 0.2) is 0 Å². The van der Waals surface area contributed by atoms with E-state index in [0.717, 1.165) is 0 Å². The number of carbonyl (C=O) groups is 1. The van der Waals surface area contributed by atoms with Crippen LogP contribution in [0.15, 0.2) is 35.2 Å². The Morgan fingerprint density at radius 3 is 2.43 bits per heavy atom. The van der Waals surface area contributed by atoms with Gasteiger partial charge in [0, 0.05) is 4.90 Å². The lowest BCUT2D eigenvalue weighted by atomic mass is 10.3. The van der Waals surface area contributed by atoms with Gasteiger partial charge >= 0.3 is 5.97 Å². The zero-order chi connectivity index (χ0) is 10.6. The first kappa shape index (κ1) is 10.9. The topological polar surface area (TPSA) is 54.4 Å². The number of carboxylic acid groups (broad SMARTS) is 1. The number of hydrogen-bond acceptors (Lipinski definition) is 2. The maximum atomic E-state index is 11.7. The number of aliphatic carboxylic acids is 1. The normalized spacial score (nSPS) is 14.6. The van der Waals surface area contributed by atoms with E-state index in [1.165, 1.54) is 0 Å². The van der Waals surface area contributed by atoms with E-state index in [4.69, 9.17) is 5.11 Å². The molecular weight excluding hydrogens is 200 g/mol. The summed E-state index contributed by atoms with van der Waals surface area (Å²) in [6, 6.07) is 8.68. The van der Waals surface area contributed by atoms with Crippen LogP contribution in [0.1, 0.15) is 13.3 Å². The van der Waals surface area contributed by atoms with Gasteiger partial charge in [-0.1, -0.05) is 25.1 Å². The zero-order valence-corrected chi connectivity index (χ0v) is 8.66. The van der Waals surface area contributed by atoms with Crippen molar-refractivity contribution < 1.29 is 14.1 Å². The maximum absolute atomic E-state index is 11.7. The monoisotopic (exact) mass is 212 g/mol. The first-order valence-electron chi connectivity index (χ1n) is 4.35. The third-order valence-corrected chi connectivity index (χ3v) is 3.67. The van der Waals surface area contributed by atoms with Crippen molar-refractivity contribution in [1.82, 2.24) is 0 Å². The molecule has 0 amide bonds. The summed E-state index contributed by atoms with van der Waals surface area (Å²) < 4.78 is 11.7. The second kappa shape index (κ2) is 4.91. The molecule has 3 nitrogen and oxygen atoms in total. The van der Waals surface area contributed by atoms with Crippen molar-refractivity contribution in [2.75, 3.05) is 0 Å². The Morgan fingerprint density at radius 2 is 2.00 bits per heavy atom. The van der Waals surface area contributed by atoms with Gasteiger partial charge in [0.25, 0.3) is 0 Å². The van der Waals surface area contributed by atoms with Gasteiger partial charge in [0.2, 0.25) is 0 Å². The minimum absolute atomic E-state index is 0.372. The molecule has 0 fully saturated rings. The standard InChI is InChI=1S/C10H12O3S/c1-2-9(10(11)12)14(13)8-6-4-3-5-7-8/h3-7,9H,2H2,1H3,(H,11,12)/t9-,14-/m0/s1. The minimum atomic E-state index is -1.45. The Morgan fingerprint density at radius 1 is 1.43 bits per heavy atom. The van der Waals surface area contributed by atoms with Gasteiger partial charge in [-0.3, -0.25) is 9.00 Å². The highest BCUT2D eigenvalue weighted by Crippen LogP contribution is 2.13. The number of carboxylic acids is 1. The summed E-state index contributed by atoms with van der Waals surface area (Å²) in [6.07, 6.45) is 0.372. The van der Waals surface area contributed by atoms with Crippen LogP contribution in [-0.4, -0.2) is 20.5 Å². The fourth-order valence-electron chi connectivity index (χ4n) is 1.14. The lowest BCUT2D eigenvalue weighted by Gasteiger charge is -2.08. The number of rotatable bonds is 4. The highest BCUT2D eigenvalue weighted by atomic mass is 32.2. The van der Waals surface area contributed by atoms with Gasteiger partial charge in [-0.15, -0.1) is 0 Å². The van der Waals surface area contributed by atoms with Gasteiger partial charge in [0.1, 0.15) is 5.25 Å². The van der Waals surface area contributed by atoms with E-state index in [-0.39, 0.29) is 0 Å². The van der Waals surface area contributed by atoms with E-state index >= 15 is 0 Å². The lowest BCUT2D eigenvalue weighted by Crippen LogP contribution is -2.24. The highest BCUT2D eigenvalue weighted by Gasteiger charge is 2.23. The first-order valence-corrected chi connectivity index (χ1v) is 5.56. The molecule has 0 aliphatic carbocycles. The van der Waals surface area contributed by atoms with Crippen LogP contribution in [0, 0.1) is 0 Å². The van der Waals surface area contributed by atoms with Crippen molar-refractivity contribution >= 4 is 16.8 Å². The molecule has 1 N–H and O–H groups in total. The molecular formula is C10H12O3S. The predicted molar refractivity (Wildman–Crippen MR) is 54.6 cm³/mol. The summed E-state index contributed by atoms with van der Waals surface area (Å²) in [7, 11) is -1.45. The maximum Gasteiger partial charge on any atom is 0.319 e. The van der Waals surface area contributed by atoms with Crippen LogP contribution in [0.3, 0.4) is 0 Å². The second-order valence-corrected chi connectivity index (χ2v) is 4.48. The molecule has 1 aromatic carbocycles. The Hall–Kier alpha value is -1.16. The molecule has 0 unspecified atom stereocenters. The minimum Gasteiger partial charge on any atom is -0.480 e. The summed E-state index contributed by atoms with van der Waals surface area (Å²) in [4.78, 5) is 11.3. The third-order valence-electron chi connectivity index (χ3n) is 1.88. The molecule has 4 heteroatoms. The molecule has 0 aliphatic heterocycles. The zero-order valence-electron chi connectivity index (χ0n) is 7.84. The molecule has 0 radical (unpaired) electrons. The predicted octanol–water partition coefficient (Wildman–Crippen LogP) is 1.66. The third kappa shape index (κ3) is 2.42. The highest BCUT2D eigenvalue weighted by molar-refractivity contribution is 7.86. The average molecular weight is 212 g/mol. The Balaban J connectivity index is 2.89. The van der Waals surface area contributed by atoms with Gasteiger partial charge in [-0.05, 0) is 18.6 Å². The van der Waals surface area contributed by atoms with Crippen LogP contribution in [0.2, 0.25) is 0 Å². The fraction of sp³-hybridized carbons (Fsp3) is 0.300.